The van der Waals surface area contributed by atoms with Gasteiger partial charge in [0.25, 0.3) is 0 Å². The summed E-state index contributed by atoms with van der Waals surface area (Å²) in [5, 5.41) is 16.4. The number of carbonyl (C=O) groups excluding carboxylic acids is 1. The van der Waals surface area contributed by atoms with Crippen LogP contribution in [0.5, 0.6) is 5.75 Å². The Morgan fingerprint density at radius 1 is 1.27 bits per heavy atom. The number of thiazole rings is 1. The highest BCUT2D eigenvalue weighted by atomic mass is 32.1. The van der Waals surface area contributed by atoms with Gasteiger partial charge >= 0.3 is 6.09 Å². The standard InChI is InChI=1S/C20H17FN6O2S/c1-12-3-4-17(18(21)7-12)14-8-15(27-11-23-25-26-27)10-16(9-14)29-20(28)24-13(2)19-22-5-6-30-19/h3-11,13H,1-2H3,(H,24,28). The van der Waals surface area contributed by atoms with Gasteiger partial charge < -0.3 is 10.1 Å². The van der Waals surface area contributed by atoms with Gasteiger partial charge in [0.1, 0.15) is 22.9 Å². The largest absolute Gasteiger partial charge is 0.413 e. The third kappa shape index (κ3) is 4.33. The van der Waals surface area contributed by atoms with Gasteiger partial charge in [0.15, 0.2) is 0 Å². The maximum Gasteiger partial charge on any atom is 0.413 e. The Labute approximate surface area is 175 Å². The fraction of sp³-hybridized carbons (Fsp3) is 0.150. The molecular weight excluding hydrogens is 407 g/mol. The highest BCUT2D eigenvalue weighted by Crippen LogP contribution is 2.30. The number of hydrogen-bond acceptors (Lipinski definition) is 7. The van der Waals surface area contributed by atoms with Crippen molar-refractivity contribution in [3.05, 3.63) is 70.7 Å². The van der Waals surface area contributed by atoms with E-state index in [2.05, 4.69) is 25.8 Å². The van der Waals surface area contributed by atoms with E-state index >= 15 is 0 Å². The van der Waals surface area contributed by atoms with Crippen molar-refractivity contribution >= 4 is 17.4 Å². The zero-order valence-electron chi connectivity index (χ0n) is 16.1. The molecule has 0 saturated carbocycles. The van der Waals surface area contributed by atoms with Gasteiger partial charge in [-0.25, -0.2) is 18.9 Å². The smallest absolute Gasteiger partial charge is 0.410 e. The van der Waals surface area contributed by atoms with E-state index in [0.29, 0.717) is 16.8 Å². The number of halogens is 1. The van der Waals surface area contributed by atoms with Gasteiger partial charge in [-0.1, -0.05) is 12.1 Å². The Morgan fingerprint density at radius 3 is 2.83 bits per heavy atom. The molecule has 2 aromatic heterocycles. The molecular formula is C20H17FN6O2S. The van der Waals surface area contributed by atoms with Crippen LogP contribution in [0, 0.1) is 12.7 Å². The molecule has 2 aromatic carbocycles. The van der Waals surface area contributed by atoms with Crippen LogP contribution < -0.4 is 10.1 Å². The number of benzene rings is 2. The van der Waals surface area contributed by atoms with Crippen LogP contribution >= 0.6 is 11.3 Å². The summed E-state index contributed by atoms with van der Waals surface area (Å²) in [5.41, 5.74) is 2.22. The van der Waals surface area contributed by atoms with E-state index in [1.54, 1.807) is 30.5 Å². The molecule has 2 heterocycles. The molecule has 0 saturated heterocycles. The van der Waals surface area contributed by atoms with Gasteiger partial charge in [-0.3, -0.25) is 0 Å². The Bertz CT molecular complexity index is 1160. The number of hydrogen-bond donors (Lipinski definition) is 1. The number of rotatable bonds is 5. The number of aromatic nitrogens is 5. The molecule has 0 aliphatic rings. The van der Waals surface area contributed by atoms with E-state index < -0.39 is 6.09 Å². The number of nitrogens with one attached hydrogen (secondary N) is 1. The summed E-state index contributed by atoms with van der Waals surface area (Å²) < 4.78 is 21.4. The highest BCUT2D eigenvalue weighted by Gasteiger charge is 2.16. The van der Waals surface area contributed by atoms with Gasteiger partial charge in [0.2, 0.25) is 0 Å². The Morgan fingerprint density at radius 2 is 2.13 bits per heavy atom. The van der Waals surface area contributed by atoms with E-state index in [4.69, 9.17) is 4.74 Å². The maximum absolute atomic E-state index is 14.6. The lowest BCUT2D eigenvalue weighted by molar-refractivity contribution is 0.197. The number of ether oxygens (including phenoxy) is 1. The lowest BCUT2D eigenvalue weighted by Gasteiger charge is -2.14. The summed E-state index contributed by atoms with van der Waals surface area (Å²) in [6, 6.07) is 9.53. The Balaban J connectivity index is 1.65. The number of amides is 1. The van der Waals surface area contributed by atoms with Gasteiger partial charge in [-0.05, 0) is 53.6 Å². The number of tetrazole rings is 1. The van der Waals surface area contributed by atoms with Gasteiger partial charge in [-0.15, -0.1) is 16.4 Å². The van der Waals surface area contributed by atoms with Crippen LogP contribution in [-0.4, -0.2) is 31.3 Å². The van der Waals surface area contributed by atoms with Crippen molar-refractivity contribution < 1.29 is 13.9 Å². The van der Waals surface area contributed by atoms with Crippen molar-refractivity contribution in [1.82, 2.24) is 30.5 Å². The summed E-state index contributed by atoms with van der Waals surface area (Å²) in [7, 11) is 0. The molecule has 1 N–H and O–H groups in total. The zero-order valence-corrected chi connectivity index (χ0v) is 16.9. The van der Waals surface area contributed by atoms with Crippen molar-refractivity contribution in [3.63, 3.8) is 0 Å². The van der Waals surface area contributed by atoms with Crippen molar-refractivity contribution in [2.24, 2.45) is 0 Å². The molecule has 30 heavy (non-hydrogen) atoms. The molecule has 0 spiro atoms. The Kier molecular flexibility index (Phi) is 5.48. The molecule has 1 amide bonds. The number of aryl methyl sites for hydroxylation is 1. The molecule has 0 aliphatic carbocycles. The second-order valence-electron chi connectivity index (χ2n) is 6.58. The zero-order chi connectivity index (χ0) is 21.1. The minimum absolute atomic E-state index is 0.224. The van der Waals surface area contributed by atoms with Crippen molar-refractivity contribution in [3.8, 4) is 22.6 Å². The van der Waals surface area contributed by atoms with E-state index in [1.807, 2.05) is 25.3 Å². The first-order chi connectivity index (χ1) is 14.5. The lowest BCUT2D eigenvalue weighted by atomic mass is 10.0. The third-order valence-electron chi connectivity index (χ3n) is 4.31. The summed E-state index contributed by atoms with van der Waals surface area (Å²) in [4.78, 5) is 16.6. The highest BCUT2D eigenvalue weighted by molar-refractivity contribution is 7.09. The van der Waals surface area contributed by atoms with Gasteiger partial charge in [0, 0.05) is 23.2 Å². The lowest BCUT2D eigenvalue weighted by Crippen LogP contribution is -2.29. The average molecular weight is 424 g/mol. The molecule has 1 atom stereocenters. The van der Waals surface area contributed by atoms with E-state index in [-0.39, 0.29) is 17.6 Å². The minimum Gasteiger partial charge on any atom is -0.410 e. The molecule has 1 unspecified atom stereocenters. The Hall–Kier alpha value is -3.66. The molecule has 4 rings (SSSR count). The van der Waals surface area contributed by atoms with Crippen LogP contribution in [0.3, 0.4) is 0 Å². The van der Waals surface area contributed by atoms with E-state index in [0.717, 1.165) is 10.6 Å². The van der Waals surface area contributed by atoms with Crippen molar-refractivity contribution in [1.29, 1.82) is 0 Å². The second kappa shape index (κ2) is 8.37. The second-order valence-corrected chi connectivity index (χ2v) is 7.51. The van der Waals surface area contributed by atoms with Crippen LogP contribution in [0.4, 0.5) is 9.18 Å². The normalized spacial score (nSPS) is 11.8. The van der Waals surface area contributed by atoms with Crippen molar-refractivity contribution in [2.45, 2.75) is 19.9 Å². The molecule has 0 radical (unpaired) electrons. The average Bonchev–Trinajstić information content (AvgIpc) is 3.42. The molecule has 0 fully saturated rings. The maximum atomic E-state index is 14.6. The molecule has 0 bridgehead atoms. The van der Waals surface area contributed by atoms with Crippen LogP contribution in [0.15, 0.2) is 54.3 Å². The molecule has 8 nitrogen and oxygen atoms in total. The minimum atomic E-state index is -0.651. The van der Waals surface area contributed by atoms with Gasteiger partial charge in [-0.2, -0.15) is 0 Å². The number of carbonyl (C=O) groups is 1. The fourth-order valence-electron chi connectivity index (χ4n) is 2.89. The molecule has 152 valence electrons. The first-order valence-corrected chi connectivity index (χ1v) is 9.90. The quantitative estimate of drug-likeness (QED) is 0.519. The molecule has 10 heteroatoms. The topological polar surface area (TPSA) is 94.8 Å². The summed E-state index contributed by atoms with van der Waals surface area (Å²) in [6.45, 7) is 3.62. The fourth-order valence-corrected chi connectivity index (χ4v) is 3.53. The third-order valence-corrected chi connectivity index (χ3v) is 5.27. The first-order valence-electron chi connectivity index (χ1n) is 9.02. The van der Waals surface area contributed by atoms with Crippen LogP contribution in [0.25, 0.3) is 16.8 Å². The van der Waals surface area contributed by atoms with Crippen LogP contribution in [0.1, 0.15) is 23.5 Å². The predicted octanol–water partition coefficient (Wildman–Crippen LogP) is 4.08. The van der Waals surface area contributed by atoms with Gasteiger partial charge in [0.05, 0.1) is 11.7 Å². The van der Waals surface area contributed by atoms with Crippen molar-refractivity contribution in [2.75, 3.05) is 0 Å². The van der Waals surface area contributed by atoms with E-state index in [9.17, 15) is 9.18 Å². The predicted molar refractivity (Wildman–Crippen MR) is 109 cm³/mol. The monoisotopic (exact) mass is 424 g/mol. The summed E-state index contributed by atoms with van der Waals surface area (Å²) in [5.74, 6) is -0.154. The molecule has 4 aromatic rings. The van der Waals surface area contributed by atoms with E-state index in [1.165, 1.54) is 28.4 Å². The van der Waals surface area contributed by atoms with Crippen LogP contribution in [0.2, 0.25) is 0 Å². The SMILES string of the molecule is Cc1ccc(-c2cc(OC(=O)NC(C)c3nccs3)cc(-n3cnnn3)c2)c(F)c1. The summed E-state index contributed by atoms with van der Waals surface area (Å²) in [6.07, 6.45) is 2.42. The molecule has 0 aliphatic heterocycles. The summed E-state index contributed by atoms with van der Waals surface area (Å²) >= 11 is 1.43. The van der Waals surface area contributed by atoms with Crippen LogP contribution in [-0.2, 0) is 0 Å². The number of nitrogens with zero attached hydrogens (tertiary/aromatic N) is 5. The first kappa shape index (κ1) is 19.6.